The molecule has 0 bridgehead atoms. The van der Waals surface area contributed by atoms with Gasteiger partial charge in [0.1, 0.15) is 0 Å². The molecule has 0 fully saturated rings. The van der Waals surface area contributed by atoms with Gasteiger partial charge >= 0.3 is 0 Å². The van der Waals surface area contributed by atoms with Crippen molar-refractivity contribution >= 4 is 39.1 Å². The van der Waals surface area contributed by atoms with Gasteiger partial charge in [-0.3, -0.25) is 4.68 Å². The third kappa shape index (κ3) is 3.30. The van der Waals surface area contributed by atoms with Gasteiger partial charge in [-0.25, -0.2) is 0 Å². The van der Waals surface area contributed by atoms with Gasteiger partial charge in [-0.2, -0.15) is 5.10 Å². The molecule has 2 nitrogen and oxygen atoms in total. The zero-order valence-electron chi connectivity index (χ0n) is 12.5. The van der Waals surface area contributed by atoms with Crippen LogP contribution in [0.25, 0.3) is 0 Å². The van der Waals surface area contributed by atoms with Gasteiger partial charge in [0.15, 0.2) is 0 Å². The maximum absolute atomic E-state index is 6.34. The molecule has 1 aromatic carbocycles. The molecular weight excluding hydrogens is 371 g/mol. The van der Waals surface area contributed by atoms with Crippen LogP contribution in [0.2, 0.25) is 0 Å². The maximum atomic E-state index is 6.34. The van der Waals surface area contributed by atoms with Crippen molar-refractivity contribution in [2.45, 2.75) is 25.7 Å². The fourth-order valence-corrected chi connectivity index (χ4v) is 3.81. The molecular formula is C16H19BrCl2N2. The van der Waals surface area contributed by atoms with Crippen molar-refractivity contribution in [1.29, 1.82) is 0 Å². The van der Waals surface area contributed by atoms with E-state index in [1.165, 1.54) is 11.1 Å². The van der Waals surface area contributed by atoms with E-state index in [2.05, 4.69) is 52.2 Å². The molecule has 0 radical (unpaired) electrons. The Bertz CT molecular complexity index is 633. The van der Waals surface area contributed by atoms with E-state index in [4.69, 9.17) is 23.2 Å². The molecule has 21 heavy (non-hydrogen) atoms. The first-order valence-corrected chi connectivity index (χ1v) is 8.67. The Morgan fingerprint density at radius 1 is 1.24 bits per heavy atom. The van der Waals surface area contributed by atoms with E-state index < -0.39 is 0 Å². The van der Waals surface area contributed by atoms with E-state index in [1.54, 1.807) is 0 Å². The van der Waals surface area contributed by atoms with Gasteiger partial charge in [-0.1, -0.05) is 29.8 Å². The average Bonchev–Trinajstić information content (AvgIpc) is 2.70. The Labute approximate surface area is 144 Å². The lowest BCUT2D eigenvalue weighted by Crippen LogP contribution is -2.34. The SMILES string of the molecule is Cc1cccc(C(CCl)(CCl)Cc2c(Br)c(C)nn2C)c1. The second-order valence-corrected chi connectivity index (χ2v) is 6.89. The zero-order chi connectivity index (χ0) is 15.6. The van der Waals surface area contributed by atoms with Crippen LogP contribution < -0.4 is 0 Å². The third-order valence-electron chi connectivity index (χ3n) is 3.91. The van der Waals surface area contributed by atoms with Crippen LogP contribution in [0.5, 0.6) is 0 Å². The van der Waals surface area contributed by atoms with Crippen molar-refractivity contribution in [1.82, 2.24) is 9.78 Å². The van der Waals surface area contributed by atoms with Crippen molar-refractivity contribution in [2.24, 2.45) is 7.05 Å². The van der Waals surface area contributed by atoms with Gasteiger partial charge in [-0.15, -0.1) is 23.2 Å². The number of rotatable bonds is 5. The number of hydrogen-bond acceptors (Lipinski definition) is 1. The highest BCUT2D eigenvalue weighted by molar-refractivity contribution is 9.10. The molecule has 0 saturated heterocycles. The highest BCUT2D eigenvalue weighted by atomic mass is 79.9. The number of aromatic nitrogens is 2. The molecule has 0 aliphatic carbocycles. The van der Waals surface area contributed by atoms with Crippen LogP contribution in [0.15, 0.2) is 28.7 Å². The predicted molar refractivity (Wildman–Crippen MR) is 93.6 cm³/mol. The van der Waals surface area contributed by atoms with Crippen LogP contribution in [-0.4, -0.2) is 21.5 Å². The van der Waals surface area contributed by atoms with E-state index in [1.807, 2.05) is 18.7 Å². The lowest BCUT2D eigenvalue weighted by molar-refractivity contribution is 0.509. The molecule has 1 heterocycles. The Kier molecular flexibility index (Phi) is 5.39. The summed E-state index contributed by atoms with van der Waals surface area (Å²) in [7, 11) is 1.95. The first-order valence-electron chi connectivity index (χ1n) is 6.80. The molecule has 0 unspecified atom stereocenters. The second kappa shape index (κ2) is 6.72. The van der Waals surface area contributed by atoms with Crippen molar-refractivity contribution in [3.05, 3.63) is 51.3 Å². The number of halogens is 3. The summed E-state index contributed by atoms with van der Waals surface area (Å²) in [5.41, 5.74) is 4.20. The topological polar surface area (TPSA) is 17.8 Å². The molecule has 2 rings (SSSR count). The number of nitrogens with zero attached hydrogens (tertiary/aromatic N) is 2. The second-order valence-electron chi connectivity index (χ2n) is 5.56. The van der Waals surface area contributed by atoms with Crippen molar-refractivity contribution in [2.75, 3.05) is 11.8 Å². The molecule has 0 N–H and O–H groups in total. The van der Waals surface area contributed by atoms with Gasteiger partial charge in [0, 0.05) is 30.6 Å². The lowest BCUT2D eigenvalue weighted by atomic mass is 9.79. The molecule has 0 saturated carbocycles. The summed E-state index contributed by atoms with van der Waals surface area (Å²) in [6, 6.07) is 8.42. The molecule has 1 aromatic heterocycles. The van der Waals surface area contributed by atoms with Crippen molar-refractivity contribution in [3.63, 3.8) is 0 Å². The summed E-state index contributed by atoms with van der Waals surface area (Å²) in [5.74, 6) is 0.938. The standard InChI is InChI=1S/C16H19BrCl2N2/c1-11-5-4-6-13(7-11)16(9-18,10-19)8-14-15(17)12(2)20-21(14)3/h4-7H,8-10H2,1-3H3. The van der Waals surface area contributed by atoms with Crippen LogP contribution >= 0.6 is 39.1 Å². The molecule has 0 atom stereocenters. The molecule has 0 aliphatic rings. The van der Waals surface area contributed by atoms with Crippen molar-refractivity contribution in [3.8, 4) is 0 Å². The van der Waals surface area contributed by atoms with Gasteiger partial charge in [0.25, 0.3) is 0 Å². The van der Waals surface area contributed by atoms with Crippen LogP contribution in [0.3, 0.4) is 0 Å². The largest absolute Gasteiger partial charge is 0.271 e. The number of hydrogen-bond donors (Lipinski definition) is 0. The minimum absolute atomic E-state index is 0.294. The minimum atomic E-state index is -0.294. The summed E-state index contributed by atoms with van der Waals surface area (Å²) >= 11 is 16.3. The fourth-order valence-electron chi connectivity index (χ4n) is 2.55. The molecule has 0 spiro atoms. The third-order valence-corrected chi connectivity index (χ3v) is 5.96. The normalized spacial score (nSPS) is 11.9. The van der Waals surface area contributed by atoms with E-state index in [-0.39, 0.29) is 5.41 Å². The quantitative estimate of drug-likeness (QED) is 0.674. The molecule has 114 valence electrons. The Morgan fingerprint density at radius 3 is 2.38 bits per heavy atom. The molecule has 0 amide bonds. The highest BCUT2D eigenvalue weighted by Gasteiger charge is 2.33. The fraction of sp³-hybridized carbons (Fsp3) is 0.438. The summed E-state index contributed by atoms with van der Waals surface area (Å²) in [5, 5.41) is 4.46. The number of alkyl halides is 2. The molecule has 2 aromatic rings. The van der Waals surface area contributed by atoms with E-state index in [0.717, 1.165) is 22.3 Å². The summed E-state index contributed by atoms with van der Waals surface area (Å²) in [6.45, 7) is 4.07. The Morgan fingerprint density at radius 2 is 1.90 bits per heavy atom. The smallest absolute Gasteiger partial charge is 0.0738 e. The van der Waals surface area contributed by atoms with Crippen LogP contribution in [-0.2, 0) is 18.9 Å². The zero-order valence-corrected chi connectivity index (χ0v) is 15.6. The number of aryl methyl sites for hydroxylation is 3. The Hall–Kier alpha value is -0.510. The Balaban J connectivity index is 2.48. The summed E-state index contributed by atoms with van der Waals surface area (Å²) in [4.78, 5) is 0. The number of benzene rings is 1. The monoisotopic (exact) mass is 388 g/mol. The minimum Gasteiger partial charge on any atom is -0.271 e. The van der Waals surface area contributed by atoms with Gasteiger partial charge in [0.2, 0.25) is 0 Å². The van der Waals surface area contributed by atoms with E-state index in [0.29, 0.717) is 11.8 Å². The first-order chi connectivity index (χ1) is 9.93. The van der Waals surface area contributed by atoms with Gasteiger partial charge in [-0.05, 0) is 35.3 Å². The van der Waals surface area contributed by atoms with Gasteiger partial charge in [0.05, 0.1) is 15.9 Å². The van der Waals surface area contributed by atoms with Crippen LogP contribution in [0, 0.1) is 13.8 Å². The maximum Gasteiger partial charge on any atom is 0.0738 e. The highest BCUT2D eigenvalue weighted by Crippen LogP contribution is 2.35. The van der Waals surface area contributed by atoms with Crippen molar-refractivity contribution < 1.29 is 0 Å². The average molecular weight is 390 g/mol. The summed E-state index contributed by atoms with van der Waals surface area (Å²) < 4.78 is 2.94. The lowest BCUT2D eigenvalue weighted by Gasteiger charge is -2.31. The first kappa shape index (κ1) is 16.9. The predicted octanol–water partition coefficient (Wildman–Crippen LogP) is 4.76. The van der Waals surface area contributed by atoms with Crippen LogP contribution in [0.4, 0.5) is 0 Å². The molecule has 0 aliphatic heterocycles. The molecule has 5 heteroatoms. The van der Waals surface area contributed by atoms with Gasteiger partial charge < -0.3 is 0 Å². The van der Waals surface area contributed by atoms with Crippen LogP contribution in [0.1, 0.15) is 22.5 Å². The van der Waals surface area contributed by atoms with E-state index in [9.17, 15) is 0 Å². The van der Waals surface area contributed by atoms with E-state index >= 15 is 0 Å². The summed E-state index contributed by atoms with van der Waals surface area (Å²) in [6.07, 6.45) is 0.751.